The Hall–Kier alpha value is -2.70. The number of hydrogen-bond acceptors (Lipinski definition) is 6. The average Bonchev–Trinajstić information content (AvgIpc) is 3.22. The molecule has 7 nitrogen and oxygen atoms in total. The van der Waals surface area contributed by atoms with E-state index < -0.39 is 0 Å². The van der Waals surface area contributed by atoms with Crippen LogP contribution >= 0.6 is 0 Å². The van der Waals surface area contributed by atoms with Gasteiger partial charge in [0.2, 0.25) is 5.88 Å². The van der Waals surface area contributed by atoms with Gasteiger partial charge in [-0.05, 0) is 58.6 Å². The summed E-state index contributed by atoms with van der Waals surface area (Å²) in [6.45, 7) is 8.28. The minimum Gasteiger partial charge on any atom is -0.491 e. The number of aryl methyl sites for hydroxylation is 2. The fraction of sp³-hybridized carbons (Fsp3) is 0.524. The van der Waals surface area contributed by atoms with Crippen LogP contribution in [0.1, 0.15) is 48.6 Å². The van der Waals surface area contributed by atoms with Crippen LogP contribution in [0.3, 0.4) is 0 Å². The molecule has 2 aromatic rings. The molecule has 0 radical (unpaired) electrons. The van der Waals surface area contributed by atoms with Gasteiger partial charge in [0.15, 0.2) is 11.4 Å². The molecule has 0 spiro atoms. The number of piperidine rings is 1. The Balaban J connectivity index is 1.58. The lowest BCUT2D eigenvalue weighted by molar-refractivity contribution is 0.0305. The molecule has 4 atom stereocenters. The first-order valence-electron chi connectivity index (χ1n) is 9.86. The molecule has 1 saturated heterocycles. The predicted molar refractivity (Wildman–Crippen MR) is 103 cm³/mol. The van der Waals surface area contributed by atoms with Crippen molar-refractivity contribution in [3.05, 3.63) is 41.6 Å². The standard InChI is InChI=1S/C21H26N4O3/c1-5-27-17-7-6-12(2)24-20(17)21(26)25-14(4)15-8-16(25)18(9-15)28-19-11-22-13(3)10-23-19/h6-7,10-11,14-16,18H,5,8-9H2,1-4H3. The number of nitrogens with zero attached hydrogens (tertiary/aromatic N) is 4. The molecule has 1 saturated carbocycles. The molecule has 7 heteroatoms. The molecule has 4 rings (SSSR count). The lowest BCUT2D eigenvalue weighted by Crippen LogP contribution is -2.51. The van der Waals surface area contributed by atoms with Crippen molar-refractivity contribution in [1.29, 1.82) is 0 Å². The maximum Gasteiger partial charge on any atom is 0.276 e. The van der Waals surface area contributed by atoms with Crippen molar-refractivity contribution in [3.8, 4) is 11.6 Å². The van der Waals surface area contributed by atoms with Crippen LogP contribution in [-0.2, 0) is 0 Å². The van der Waals surface area contributed by atoms with E-state index in [0.29, 0.717) is 29.8 Å². The number of fused-ring (bicyclic) bond motifs is 2. The summed E-state index contributed by atoms with van der Waals surface area (Å²) in [4.78, 5) is 28.4. The van der Waals surface area contributed by atoms with E-state index in [1.807, 2.05) is 37.8 Å². The highest BCUT2D eigenvalue weighted by atomic mass is 16.5. The van der Waals surface area contributed by atoms with Gasteiger partial charge in [-0.1, -0.05) is 0 Å². The molecular formula is C21H26N4O3. The van der Waals surface area contributed by atoms with Crippen LogP contribution in [0.25, 0.3) is 0 Å². The fourth-order valence-electron chi connectivity index (χ4n) is 4.38. The molecule has 2 aliphatic rings. The monoisotopic (exact) mass is 382 g/mol. The second-order valence-corrected chi connectivity index (χ2v) is 7.64. The van der Waals surface area contributed by atoms with Crippen molar-refractivity contribution in [2.45, 2.75) is 58.7 Å². The lowest BCUT2D eigenvalue weighted by Gasteiger charge is -2.37. The van der Waals surface area contributed by atoms with Crippen molar-refractivity contribution in [3.63, 3.8) is 0 Å². The van der Waals surface area contributed by atoms with Gasteiger partial charge >= 0.3 is 0 Å². The molecule has 0 aromatic carbocycles. The number of likely N-dealkylation sites (tertiary alicyclic amines) is 1. The third-order valence-electron chi connectivity index (χ3n) is 5.75. The number of aromatic nitrogens is 3. The summed E-state index contributed by atoms with van der Waals surface area (Å²) in [7, 11) is 0. The lowest BCUT2D eigenvalue weighted by atomic mass is 9.98. The summed E-state index contributed by atoms with van der Waals surface area (Å²) in [5.74, 6) is 1.37. The maximum atomic E-state index is 13.4. The first kappa shape index (κ1) is 18.7. The van der Waals surface area contributed by atoms with Gasteiger partial charge < -0.3 is 14.4 Å². The topological polar surface area (TPSA) is 77.4 Å². The van der Waals surface area contributed by atoms with Gasteiger partial charge in [0.1, 0.15) is 6.10 Å². The van der Waals surface area contributed by atoms with Crippen LogP contribution in [-0.4, -0.2) is 50.6 Å². The Kier molecular flexibility index (Phi) is 4.91. The molecule has 0 N–H and O–H groups in total. The van der Waals surface area contributed by atoms with E-state index in [0.717, 1.165) is 24.2 Å². The highest BCUT2D eigenvalue weighted by molar-refractivity contribution is 5.95. The molecule has 1 aliphatic carbocycles. The number of hydrogen-bond donors (Lipinski definition) is 0. The Morgan fingerprint density at radius 1 is 1.18 bits per heavy atom. The van der Waals surface area contributed by atoms with Gasteiger partial charge in [-0.25, -0.2) is 9.97 Å². The minimum atomic E-state index is -0.0876. The molecule has 2 aromatic heterocycles. The Labute approximate surface area is 165 Å². The Morgan fingerprint density at radius 3 is 2.68 bits per heavy atom. The molecule has 1 amide bonds. The van der Waals surface area contributed by atoms with E-state index in [9.17, 15) is 4.79 Å². The van der Waals surface area contributed by atoms with E-state index in [-0.39, 0.29) is 24.1 Å². The predicted octanol–water partition coefficient (Wildman–Crippen LogP) is 2.96. The molecule has 4 unspecified atom stereocenters. The van der Waals surface area contributed by atoms with Crippen LogP contribution in [0.4, 0.5) is 0 Å². The van der Waals surface area contributed by atoms with Crippen LogP contribution in [0.15, 0.2) is 24.5 Å². The van der Waals surface area contributed by atoms with E-state index >= 15 is 0 Å². The number of carbonyl (C=O) groups is 1. The second kappa shape index (κ2) is 7.37. The molecular weight excluding hydrogens is 356 g/mol. The SMILES string of the molecule is CCOc1ccc(C)nc1C(=O)N1C(C)C2CC(Oc3cnc(C)cn3)C1C2. The van der Waals surface area contributed by atoms with Gasteiger partial charge in [-0.2, -0.15) is 0 Å². The summed E-state index contributed by atoms with van der Waals surface area (Å²) in [5, 5.41) is 0. The molecule has 3 heterocycles. The second-order valence-electron chi connectivity index (χ2n) is 7.64. The average molecular weight is 382 g/mol. The fourth-order valence-corrected chi connectivity index (χ4v) is 4.38. The van der Waals surface area contributed by atoms with E-state index in [4.69, 9.17) is 9.47 Å². The number of pyridine rings is 1. The van der Waals surface area contributed by atoms with Crippen LogP contribution in [0.2, 0.25) is 0 Å². The van der Waals surface area contributed by atoms with E-state index in [1.54, 1.807) is 12.4 Å². The van der Waals surface area contributed by atoms with E-state index in [2.05, 4.69) is 21.9 Å². The van der Waals surface area contributed by atoms with Gasteiger partial charge in [0, 0.05) is 11.7 Å². The van der Waals surface area contributed by atoms with Crippen molar-refractivity contribution in [2.24, 2.45) is 5.92 Å². The van der Waals surface area contributed by atoms with Gasteiger partial charge in [-0.3, -0.25) is 9.78 Å². The minimum absolute atomic E-state index is 0.00684. The molecule has 1 aliphatic heterocycles. The zero-order chi connectivity index (χ0) is 19.8. The highest BCUT2D eigenvalue weighted by Crippen LogP contribution is 2.44. The normalized spacial score (nSPS) is 25.8. The van der Waals surface area contributed by atoms with Crippen molar-refractivity contribution in [2.75, 3.05) is 6.61 Å². The summed E-state index contributed by atoms with van der Waals surface area (Å²) >= 11 is 0. The highest BCUT2D eigenvalue weighted by Gasteiger charge is 2.53. The summed E-state index contributed by atoms with van der Waals surface area (Å²) < 4.78 is 11.8. The smallest absolute Gasteiger partial charge is 0.276 e. The van der Waals surface area contributed by atoms with Crippen molar-refractivity contribution < 1.29 is 14.3 Å². The van der Waals surface area contributed by atoms with Crippen molar-refractivity contribution in [1.82, 2.24) is 19.9 Å². The van der Waals surface area contributed by atoms with Gasteiger partial charge in [0.05, 0.1) is 30.7 Å². The summed E-state index contributed by atoms with van der Waals surface area (Å²) in [6.07, 6.45) is 5.12. The molecule has 28 heavy (non-hydrogen) atoms. The summed E-state index contributed by atoms with van der Waals surface area (Å²) in [5.41, 5.74) is 2.03. The van der Waals surface area contributed by atoms with Crippen LogP contribution < -0.4 is 9.47 Å². The van der Waals surface area contributed by atoms with Gasteiger partial charge in [0.25, 0.3) is 5.91 Å². The zero-order valence-corrected chi connectivity index (χ0v) is 16.8. The first-order valence-corrected chi connectivity index (χ1v) is 9.86. The number of amides is 1. The number of carbonyl (C=O) groups excluding carboxylic acids is 1. The van der Waals surface area contributed by atoms with E-state index in [1.165, 1.54) is 0 Å². The number of rotatable bonds is 5. The largest absolute Gasteiger partial charge is 0.491 e. The first-order chi connectivity index (χ1) is 13.5. The molecule has 2 fully saturated rings. The third-order valence-corrected chi connectivity index (χ3v) is 5.75. The third kappa shape index (κ3) is 3.30. The summed E-state index contributed by atoms with van der Waals surface area (Å²) in [6, 6.07) is 3.85. The molecule has 2 bridgehead atoms. The van der Waals surface area contributed by atoms with Crippen LogP contribution in [0, 0.1) is 19.8 Å². The molecule has 148 valence electrons. The van der Waals surface area contributed by atoms with Crippen LogP contribution in [0.5, 0.6) is 11.6 Å². The Bertz CT molecular complexity index is 870. The Morgan fingerprint density at radius 2 is 2.00 bits per heavy atom. The van der Waals surface area contributed by atoms with Gasteiger partial charge in [-0.15, -0.1) is 0 Å². The zero-order valence-electron chi connectivity index (χ0n) is 16.8. The van der Waals surface area contributed by atoms with Crippen molar-refractivity contribution >= 4 is 5.91 Å². The maximum absolute atomic E-state index is 13.4. The number of ether oxygens (including phenoxy) is 2. The quantitative estimate of drug-likeness (QED) is 0.791.